The minimum absolute atomic E-state index is 0.00225. The number of amides is 2. The van der Waals surface area contributed by atoms with Gasteiger partial charge in [-0.1, -0.05) is 44.2 Å². The number of nitrogens with zero attached hydrogens (tertiary/aromatic N) is 1. The van der Waals surface area contributed by atoms with E-state index in [-0.39, 0.29) is 24.2 Å². The van der Waals surface area contributed by atoms with Crippen molar-refractivity contribution in [3.05, 3.63) is 65.0 Å². The lowest BCUT2D eigenvalue weighted by Gasteiger charge is -2.22. The molecule has 0 spiro atoms. The van der Waals surface area contributed by atoms with Gasteiger partial charge in [-0.05, 0) is 48.1 Å². The number of para-hydroxylation sites is 1. The van der Waals surface area contributed by atoms with Crippen LogP contribution in [0.2, 0.25) is 0 Å². The summed E-state index contributed by atoms with van der Waals surface area (Å²) in [6, 6.07) is 12.2. The van der Waals surface area contributed by atoms with Gasteiger partial charge in [0.2, 0.25) is 11.8 Å². The Kier molecular flexibility index (Phi) is 7.53. The second-order valence-electron chi connectivity index (χ2n) is 6.52. The molecule has 4 nitrogen and oxygen atoms in total. The molecule has 0 aliphatic carbocycles. The molecule has 0 radical (unpaired) electrons. The smallest absolute Gasteiger partial charge is 0.244 e. The standard InChI is InChI=1S/C22H27FN2O2/c1-4-18-7-6-8-19(5-2)22(18)24-21(27)15-25(16(3)26)14-13-17-9-11-20(23)12-10-17/h6-12H,4-5,13-15H2,1-3H3,(H,24,27). The summed E-state index contributed by atoms with van der Waals surface area (Å²) < 4.78 is 13.0. The summed E-state index contributed by atoms with van der Waals surface area (Å²) in [7, 11) is 0. The Bertz CT molecular complexity index is 765. The van der Waals surface area contributed by atoms with Gasteiger partial charge in [0.1, 0.15) is 5.82 Å². The first kappa shape index (κ1) is 20.6. The maximum Gasteiger partial charge on any atom is 0.244 e. The van der Waals surface area contributed by atoms with Crippen LogP contribution < -0.4 is 5.32 Å². The van der Waals surface area contributed by atoms with Gasteiger partial charge >= 0.3 is 0 Å². The number of hydrogen-bond acceptors (Lipinski definition) is 2. The SMILES string of the molecule is CCc1cccc(CC)c1NC(=O)CN(CCc1ccc(F)cc1)C(C)=O. The summed E-state index contributed by atoms with van der Waals surface area (Å²) in [5.41, 5.74) is 3.95. The maximum absolute atomic E-state index is 13.0. The molecule has 0 saturated heterocycles. The minimum atomic E-state index is -0.289. The second kappa shape index (κ2) is 9.86. The lowest BCUT2D eigenvalue weighted by atomic mass is 10.0. The summed E-state index contributed by atoms with van der Waals surface area (Å²) in [5.74, 6) is -0.658. The molecule has 0 bridgehead atoms. The number of benzene rings is 2. The van der Waals surface area contributed by atoms with Crippen LogP contribution in [0.3, 0.4) is 0 Å². The van der Waals surface area contributed by atoms with Gasteiger partial charge in [-0.25, -0.2) is 4.39 Å². The number of nitrogens with one attached hydrogen (secondary N) is 1. The Hall–Kier alpha value is -2.69. The number of rotatable bonds is 8. The third-order valence-electron chi connectivity index (χ3n) is 4.63. The van der Waals surface area contributed by atoms with Crippen LogP contribution in [0.25, 0.3) is 0 Å². The highest BCUT2D eigenvalue weighted by Crippen LogP contribution is 2.22. The third kappa shape index (κ3) is 5.91. The number of hydrogen-bond donors (Lipinski definition) is 1. The molecule has 0 unspecified atom stereocenters. The Morgan fingerprint density at radius 3 is 2.11 bits per heavy atom. The Morgan fingerprint density at radius 1 is 1.00 bits per heavy atom. The topological polar surface area (TPSA) is 49.4 Å². The fraction of sp³-hybridized carbons (Fsp3) is 0.364. The van der Waals surface area contributed by atoms with Crippen molar-refractivity contribution in [2.45, 2.75) is 40.0 Å². The van der Waals surface area contributed by atoms with Crippen molar-refractivity contribution in [2.75, 3.05) is 18.4 Å². The zero-order valence-electron chi connectivity index (χ0n) is 16.2. The average molecular weight is 370 g/mol. The summed E-state index contributed by atoms with van der Waals surface area (Å²) in [6.45, 7) is 5.96. The molecule has 2 aromatic carbocycles. The zero-order valence-corrected chi connectivity index (χ0v) is 16.2. The Labute approximate surface area is 160 Å². The van der Waals surface area contributed by atoms with Crippen molar-refractivity contribution in [2.24, 2.45) is 0 Å². The molecule has 2 amide bonds. The largest absolute Gasteiger partial charge is 0.333 e. The quantitative estimate of drug-likeness (QED) is 0.764. The van der Waals surface area contributed by atoms with E-state index in [1.54, 1.807) is 12.1 Å². The predicted molar refractivity (Wildman–Crippen MR) is 106 cm³/mol. The molecule has 0 atom stereocenters. The predicted octanol–water partition coefficient (Wildman–Crippen LogP) is 3.98. The van der Waals surface area contributed by atoms with Gasteiger partial charge in [-0.2, -0.15) is 0 Å². The summed E-state index contributed by atoms with van der Waals surface area (Å²) in [4.78, 5) is 26.0. The fourth-order valence-corrected chi connectivity index (χ4v) is 3.02. The van der Waals surface area contributed by atoms with E-state index < -0.39 is 0 Å². The van der Waals surface area contributed by atoms with Crippen LogP contribution in [0.15, 0.2) is 42.5 Å². The molecule has 27 heavy (non-hydrogen) atoms. The maximum atomic E-state index is 13.0. The van der Waals surface area contributed by atoms with Crippen LogP contribution in [-0.4, -0.2) is 29.8 Å². The lowest BCUT2D eigenvalue weighted by Crippen LogP contribution is -2.38. The highest BCUT2D eigenvalue weighted by Gasteiger charge is 2.16. The first-order chi connectivity index (χ1) is 12.9. The van der Waals surface area contributed by atoms with Crippen molar-refractivity contribution in [3.8, 4) is 0 Å². The van der Waals surface area contributed by atoms with Crippen LogP contribution in [0.5, 0.6) is 0 Å². The van der Waals surface area contributed by atoms with E-state index >= 15 is 0 Å². The number of aryl methyl sites for hydroxylation is 2. The fourth-order valence-electron chi connectivity index (χ4n) is 3.02. The number of anilines is 1. The average Bonchev–Trinajstić information content (AvgIpc) is 2.66. The van der Waals surface area contributed by atoms with Gasteiger partial charge in [0.05, 0.1) is 6.54 Å². The number of carbonyl (C=O) groups is 2. The normalized spacial score (nSPS) is 10.5. The summed E-state index contributed by atoms with van der Waals surface area (Å²) >= 11 is 0. The van der Waals surface area contributed by atoms with Crippen molar-refractivity contribution >= 4 is 17.5 Å². The molecule has 0 aliphatic rings. The van der Waals surface area contributed by atoms with Crippen LogP contribution in [0, 0.1) is 5.82 Å². The molecule has 0 aliphatic heterocycles. The lowest BCUT2D eigenvalue weighted by molar-refractivity contribution is -0.132. The third-order valence-corrected chi connectivity index (χ3v) is 4.63. The van der Waals surface area contributed by atoms with Crippen LogP contribution in [0.1, 0.15) is 37.5 Å². The molecule has 5 heteroatoms. The second-order valence-corrected chi connectivity index (χ2v) is 6.52. The van der Waals surface area contributed by atoms with E-state index in [0.29, 0.717) is 13.0 Å². The molecule has 2 aromatic rings. The summed E-state index contributed by atoms with van der Waals surface area (Å²) in [6.07, 6.45) is 2.22. The van der Waals surface area contributed by atoms with Gasteiger partial charge in [-0.15, -0.1) is 0 Å². The van der Waals surface area contributed by atoms with E-state index in [1.807, 2.05) is 18.2 Å². The summed E-state index contributed by atoms with van der Waals surface area (Å²) in [5, 5.41) is 2.99. The molecule has 0 heterocycles. The van der Waals surface area contributed by atoms with Crippen molar-refractivity contribution in [3.63, 3.8) is 0 Å². The van der Waals surface area contributed by atoms with Crippen LogP contribution in [-0.2, 0) is 28.9 Å². The molecule has 144 valence electrons. The zero-order chi connectivity index (χ0) is 19.8. The van der Waals surface area contributed by atoms with E-state index in [0.717, 1.165) is 35.2 Å². The van der Waals surface area contributed by atoms with Crippen molar-refractivity contribution in [1.82, 2.24) is 4.90 Å². The van der Waals surface area contributed by atoms with Gasteiger partial charge in [0, 0.05) is 19.2 Å². The van der Waals surface area contributed by atoms with E-state index in [4.69, 9.17) is 0 Å². The molecule has 0 aromatic heterocycles. The molecular weight excluding hydrogens is 343 g/mol. The molecule has 1 N–H and O–H groups in total. The van der Waals surface area contributed by atoms with Gasteiger partial charge < -0.3 is 10.2 Å². The Morgan fingerprint density at radius 2 is 1.59 bits per heavy atom. The minimum Gasteiger partial charge on any atom is -0.333 e. The van der Waals surface area contributed by atoms with Crippen molar-refractivity contribution in [1.29, 1.82) is 0 Å². The molecule has 0 saturated carbocycles. The first-order valence-corrected chi connectivity index (χ1v) is 9.35. The number of carbonyl (C=O) groups excluding carboxylic acids is 2. The van der Waals surface area contributed by atoms with Crippen LogP contribution >= 0.6 is 0 Å². The number of halogens is 1. The highest BCUT2D eigenvalue weighted by molar-refractivity contribution is 5.95. The molecule has 2 rings (SSSR count). The Balaban J connectivity index is 2.03. The van der Waals surface area contributed by atoms with Gasteiger partial charge in [0.15, 0.2) is 0 Å². The molecule has 0 fully saturated rings. The van der Waals surface area contributed by atoms with E-state index in [2.05, 4.69) is 19.2 Å². The van der Waals surface area contributed by atoms with E-state index in [1.165, 1.54) is 24.0 Å². The molecular formula is C22H27FN2O2. The van der Waals surface area contributed by atoms with Crippen molar-refractivity contribution < 1.29 is 14.0 Å². The van der Waals surface area contributed by atoms with Gasteiger partial charge in [-0.3, -0.25) is 9.59 Å². The van der Waals surface area contributed by atoms with Crippen LogP contribution in [0.4, 0.5) is 10.1 Å². The van der Waals surface area contributed by atoms with Gasteiger partial charge in [0.25, 0.3) is 0 Å². The first-order valence-electron chi connectivity index (χ1n) is 9.35. The van der Waals surface area contributed by atoms with E-state index in [9.17, 15) is 14.0 Å². The monoisotopic (exact) mass is 370 g/mol. The highest BCUT2D eigenvalue weighted by atomic mass is 19.1.